The standard InChI is InChI=1S/C7H8N2O2.C7H6N2/c10-7(11)8-5-3-1-2-4-6(5)9-7;1-2-4-7-6(3-1)8-5-9-7/h1-4,8-11H;1-5H,(H,8,9). The molecule has 0 unspecified atom stereocenters. The van der Waals surface area contributed by atoms with E-state index in [1.54, 1.807) is 18.5 Å². The van der Waals surface area contributed by atoms with Crippen molar-refractivity contribution in [3.05, 3.63) is 54.9 Å². The van der Waals surface area contributed by atoms with Gasteiger partial charge < -0.3 is 25.8 Å². The summed E-state index contributed by atoms with van der Waals surface area (Å²) in [6.07, 6.45) is 1.70. The van der Waals surface area contributed by atoms with Crippen LogP contribution in [0.15, 0.2) is 54.9 Å². The van der Waals surface area contributed by atoms with E-state index >= 15 is 0 Å². The lowest BCUT2D eigenvalue weighted by Crippen LogP contribution is -2.40. The Kier molecular flexibility index (Phi) is 3.02. The van der Waals surface area contributed by atoms with Gasteiger partial charge in [-0.3, -0.25) is 0 Å². The van der Waals surface area contributed by atoms with Crippen molar-refractivity contribution in [1.29, 1.82) is 0 Å². The van der Waals surface area contributed by atoms with E-state index in [4.69, 9.17) is 10.2 Å². The van der Waals surface area contributed by atoms with Gasteiger partial charge >= 0.3 is 6.03 Å². The molecule has 1 aliphatic rings. The molecular weight excluding hydrogens is 256 g/mol. The van der Waals surface area contributed by atoms with Crippen LogP contribution in [0.2, 0.25) is 0 Å². The first kappa shape index (κ1) is 12.5. The van der Waals surface area contributed by atoms with Gasteiger partial charge in [0.1, 0.15) is 0 Å². The summed E-state index contributed by atoms with van der Waals surface area (Å²) >= 11 is 0. The minimum atomic E-state index is -2.00. The van der Waals surface area contributed by atoms with E-state index in [0.717, 1.165) is 11.0 Å². The molecule has 0 aliphatic carbocycles. The summed E-state index contributed by atoms with van der Waals surface area (Å²) in [6, 6.07) is 13.1. The highest BCUT2D eigenvalue weighted by molar-refractivity contribution is 5.74. The first-order valence-corrected chi connectivity index (χ1v) is 6.12. The molecule has 0 fully saturated rings. The topological polar surface area (TPSA) is 93.2 Å². The second-order valence-electron chi connectivity index (χ2n) is 4.39. The molecule has 4 rings (SSSR count). The second kappa shape index (κ2) is 4.84. The Balaban J connectivity index is 0.000000123. The van der Waals surface area contributed by atoms with Crippen molar-refractivity contribution in [3.8, 4) is 0 Å². The highest BCUT2D eigenvalue weighted by Gasteiger charge is 2.30. The third-order valence-corrected chi connectivity index (χ3v) is 2.87. The van der Waals surface area contributed by atoms with Gasteiger partial charge in [0.25, 0.3) is 0 Å². The van der Waals surface area contributed by atoms with Crippen molar-refractivity contribution in [2.24, 2.45) is 0 Å². The summed E-state index contributed by atoms with van der Waals surface area (Å²) in [5.41, 5.74) is 3.50. The molecule has 1 aliphatic heterocycles. The number of hydrogen-bond donors (Lipinski definition) is 5. The number of anilines is 2. The van der Waals surface area contributed by atoms with Gasteiger partial charge in [-0.2, -0.15) is 0 Å². The van der Waals surface area contributed by atoms with Crippen LogP contribution in [0.4, 0.5) is 11.4 Å². The number of benzene rings is 2. The molecule has 0 spiro atoms. The maximum atomic E-state index is 9.05. The number of hydrogen-bond acceptors (Lipinski definition) is 5. The number of para-hydroxylation sites is 4. The minimum Gasteiger partial charge on any atom is -0.345 e. The predicted molar refractivity (Wildman–Crippen MR) is 76.9 cm³/mol. The molecule has 5 N–H and O–H groups in total. The van der Waals surface area contributed by atoms with Crippen molar-refractivity contribution in [1.82, 2.24) is 9.97 Å². The number of aromatic amines is 1. The van der Waals surface area contributed by atoms with Crippen LogP contribution in [0.1, 0.15) is 0 Å². The zero-order valence-corrected chi connectivity index (χ0v) is 10.5. The summed E-state index contributed by atoms with van der Waals surface area (Å²) in [6.45, 7) is 0. The van der Waals surface area contributed by atoms with E-state index in [1.807, 2.05) is 36.4 Å². The fourth-order valence-electron chi connectivity index (χ4n) is 1.99. The highest BCUT2D eigenvalue weighted by Crippen LogP contribution is 2.30. The van der Waals surface area contributed by atoms with Crippen LogP contribution in [-0.4, -0.2) is 26.2 Å². The first-order chi connectivity index (χ1) is 9.64. The average Bonchev–Trinajstić information content (AvgIpc) is 3.00. The van der Waals surface area contributed by atoms with E-state index < -0.39 is 6.03 Å². The molecule has 2 heterocycles. The zero-order chi connectivity index (χ0) is 14.0. The Morgan fingerprint density at radius 3 is 2.10 bits per heavy atom. The maximum Gasteiger partial charge on any atom is 0.333 e. The number of nitrogens with zero attached hydrogens (tertiary/aromatic N) is 1. The monoisotopic (exact) mass is 270 g/mol. The second-order valence-corrected chi connectivity index (χ2v) is 4.39. The molecule has 20 heavy (non-hydrogen) atoms. The number of aromatic nitrogens is 2. The van der Waals surface area contributed by atoms with Gasteiger partial charge in [0.15, 0.2) is 0 Å². The normalized spacial score (nSPS) is 14.7. The number of aliphatic hydroxyl groups is 2. The third-order valence-electron chi connectivity index (χ3n) is 2.87. The average molecular weight is 270 g/mol. The van der Waals surface area contributed by atoms with Crippen LogP contribution in [0.25, 0.3) is 11.0 Å². The number of fused-ring (bicyclic) bond motifs is 2. The molecule has 0 radical (unpaired) electrons. The van der Waals surface area contributed by atoms with Crippen molar-refractivity contribution in [3.63, 3.8) is 0 Å². The SMILES string of the molecule is OC1(O)Nc2ccccc2N1.c1ccc2[nH]cnc2c1. The largest absolute Gasteiger partial charge is 0.345 e. The van der Waals surface area contributed by atoms with Crippen molar-refractivity contribution in [2.45, 2.75) is 6.03 Å². The lowest BCUT2D eigenvalue weighted by Gasteiger charge is -2.14. The summed E-state index contributed by atoms with van der Waals surface area (Å²) < 4.78 is 0. The summed E-state index contributed by atoms with van der Waals surface area (Å²) in [4.78, 5) is 7.07. The summed E-state index contributed by atoms with van der Waals surface area (Å²) in [7, 11) is 0. The van der Waals surface area contributed by atoms with E-state index in [0.29, 0.717) is 11.4 Å². The van der Waals surface area contributed by atoms with E-state index in [1.165, 1.54) is 0 Å². The third kappa shape index (κ3) is 2.56. The Labute approximate surface area is 115 Å². The molecule has 1 aromatic heterocycles. The number of H-pyrrole nitrogens is 1. The highest BCUT2D eigenvalue weighted by atomic mass is 16.5. The molecule has 2 aromatic carbocycles. The molecule has 0 saturated carbocycles. The van der Waals surface area contributed by atoms with Crippen molar-refractivity contribution >= 4 is 22.4 Å². The van der Waals surface area contributed by atoms with E-state index in [-0.39, 0.29) is 0 Å². The molecule has 102 valence electrons. The van der Waals surface area contributed by atoms with Gasteiger partial charge in [0, 0.05) is 0 Å². The Hall–Kier alpha value is -2.57. The Morgan fingerprint density at radius 1 is 0.850 bits per heavy atom. The molecule has 0 amide bonds. The molecule has 6 nitrogen and oxygen atoms in total. The van der Waals surface area contributed by atoms with Crippen molar-refractivity contribution in [2.75, 3.05) is 10.6 Å². The maximum absolute atomic E-state index is 9.05. The lowest BCUT2D eigenvalue weighted by atomic mass is 10.3. The summed E-state index contributed by atoms with van der Waals surface area (Å²) in [5.74, 6) is 0. The van der Waals surface area contributed by atoms with Crippen LogP contribution in [0.3, 0.4) is 0 Å². The van der Waals surface area contributed by atoms with E-state index in [9.17, 15) is 0 Å². The molecular formula is C14H14N4O2. The van der Waals surface area contributed by atoms with Gasteiger partial charge in [-0.15, -0.1) is 0 Å². The zero-order valence-electron chi connectivity index (χ0n) is 10.5. The molecule has 0 atom stereocenters. The molecule has 0 bridgehead atoms. The van der Waals surface area contributed by atoms with Gasteiger partial charge in [-0.25, -0.2) is 4.98 Å². The quantitative estimate of drug-likeness (QED) is 0.401. The fraction of sp³-hybridized carbons (Fsp3) is 0.0714. The number of nitrogens with one attached hydrogen (secondary N) is 3. The number of rotatable bonds is 0. The summed E-state index contributed by atoms with van der Waals surface area (Å²) in [5, 5.41) is 23.0. The van der Waals surface area contributed by atoms with Crippen LogP contribution >= 0.6 is 0 Å². The van der Waals surface area contributed by atoms with Crippen LogP contribution in [0, 0.1) is 0 Å². The molecule has 3 aromatic rings. The van der Waals surface area contributed by atoms with Gasteiger partial charge in [0.2, 0.25) is 0 Å². The van der Waals surface area contributed by atoms with Crippen molar-refractivity contribution < 1.29 is 10.2 Å². The van der Waals surface area contributed by atoms with Crippen LogP contribution in [0.5, 0.6) is 0 Å². The van der Waals surface area contributed by atoms with Crippen LogP contribution < -0.4 is 10.6 Å². The first-order valence-electron chi connectivity index (χ1n) is 6.12. The van der Waals surface area contributed by atoms with Gasteiger partial charge in [-0.1, -0.05) is 24.3 Å². The van der Waals surface area contributed by atoms with Gasteiger partial charge in [-0.05, 0) is 24.3 Å². The molecule has 6 heteroatoms. The Bertz CT molecular complexity index is 667. The smallest absolute Gasteiger partial charge is 0.333 e. The van der Waals surface area contributed by atoms with Gasteiger partial charge in [0.05, 0.1) is 28.7 Å². The lowest BCUT2D eigenvalue weighted by molar-refractivity contribution is -0.106. The van der Waals surface area contributed by atoms with E-state index in [2.05, 4.69) is 20.6 Å². The fourth-order valence-corrected chi connectivity index (χ4v) is 1.99. The Morgan fingerprint density at radius 2 is 1.45 bits per heavy atom. The number of imidazole rings is 1. The predicted octanol–water partition coefficient (Wildman–Crippen LogP) is 1.68. The minimum absolute atomic E-state index is 0.692. The molecule has 0 saturated heterocycles. The van der Waals surface area contributed by atoms with Crippen LogP contribution in [-0.2, 0) is 0 Å².